The van der Waals surface area contributed by atoms with E-state index in [0.717, 1.165) is 0 Å². The van der Waals surface area contributed by atoms with Gasteiger partial charge in [0.15, 0.2) is 36.7 Å². The second kappa shape index (κ2) is 26.8. The summed E-state index contributed by atoms with van der Waals surface area (Å²) in [6, 6.07) is 18.7. The normalized spacial score (nSPS) is 13.1. The topological polar surface area (TPSA) is 102 Å². The largest absolute Gasteiger partial charge is 0.470 e. The zero-order valence-electron chi connectivity index (χ0n) is 33.6. The molecule has 0 unspecified atom stereocenters. The van der Waals surface area contributed by atoms with Crippen LogP contribution in [0.4, 0.5) is 39.5 Å². The first-order chi connectivity index (χ1) is 27.5. The molecule has 2 aromatic carbocycles. The van der Waals surface area contributed by atoms with E-state index in [1.165, 1.54) is 141 Å². The lowest BCUT2D eigenvalue weighted by atomic mass is 10.0. The Morgan fingerprint density at radius 3 is 0.898 bits per heavy atom. The molecule has 0 N–H and O–H groups in total. The van der Waals surface area contributed by atoms with Crippen LogP contribution in [-0.4, -0.2) is 41.8 Å². The van der Waals surface area contributed by atoms with Crippen LogP contribution < -0.4 is 21.2 Å². The van der Waals surface area contributed by atoms with Crippen LogP contribution in [-0.2, 0) is 42.4 Å². The summed E-state index contributed by atoms with van der Waals surface area (Å²) >= 11 is -0.0947. The first-order valence-electron chi connectivity index (χ1n) is 20.1. The maximum Gasteiger partial charge on any atom is 0.470 e. The van der Waals surface area contributed by atoms with E-state index in [9.17, 15) is 64.8 Å². The third-order valence-corrected chi connectivity index (χ3v) is 19.7. The van der Waals surface area contributed by atoms with Gasteiger partial charge < -0.3 is 0 Å². The zero-order valence-corrected chi connectivity index (χ0v) is 38.2. The number of hydrogen-bond acceptors (Lipinski definition) is 6. The summed E-state index contributed by atoms with van der Waals surface area (Å²) in [5.74, 6) is 0. The monoisotopic (exact) mass is 1030 g/mol. The van der Waals surface area contributed by atoms with Gasteiger partial charge in [0.05, 0.1) is 3.91 Å². The molecule has 0 aliphatic rings. The van der Waals surface area contributed by atoms with Crippen LogP contribution in [0.25, 0.3) is 0 Å². The Kier molecular flexibility index (Phi) is 25.1. The van der Waals surface area contributed by atoms with E-state index >= 15 is 0 Å². The second-order valence-corrected chi connectivity index (χ2v) is 23.5. The summed E-state index contributed by atoms with van der Waals surface area (Å²) in [5, 5.41) is 0. The van der Waals surface area contributed by atoms with E-state index in [-0.39, 0.29) is 21.2 Å². The quantitative estimate of drug-likeness (QED) is 0.0382. The molecule has 0 heterocycles. The van der Waals surface area contributed by atoms with Gasteiger partial charge >= 0.3 is 37.7 Å². The predicted molar refractivity (Wildman–Crippen MR) is 210 cm³/mol. The number of rotatable bonds is 27. The molecule has 2 aromatic rings. The van der Waals surface area contributed by atoms with Crippen molar-refractivity contribution in [3.05, 3.63) is 70.7 Å². The van der Waals surface area contributed by atoms with E-state index in [0.29, 0.717) is 0 Å². The maximum atomic E-state index is 12.0. The van der Waals surface area contributed by atoms with Crippen molar-refractivity contribution in [2.45, 2.75) is 172 Å². The molecule has 2 rings (SSSR count). The lowest BCUT2D eigenvalue weighted by molar-refractivity contribution is -0.599. The summed E-state index contributed by atoms with van der Waals surface area (Å²) in [6.07, 6.45) is 30.9. The summed E-state index contributed by atoms with van der Waals surface area (Å²) in [6.45, 7) is 4.61. The third-order valence-electron chi connectivity index (χ3n) is 9.29. The van der Waals surface area contributed by atoms with E-state index in [1.807, 2.05) is 0 Å². The zero-order chi connectivity index (χ0) is 44.8. The smallest absolute Gasteiger partial charge is 0.251 e. The van der Waals surface area contributed by atoms with Crippen molar-refractivity contribution in [3.63, 3.8) is 0 Å². The van der Waals surface area contributed by atoms with Gasteiger partial charge in [-0.2, -0.15) is 39.5 Å². The molecule has 0 aliphatic heterocycles. The fraction of sp³-hybridized carbons (Fsp3) is 0.675. The van der Waals surface area contributed by atoms with E-state index in [1.54, 1.807) is 18.3 Å². The lowest BCUT2D eigenvalue weighted by Crippen LogP contribution is -3.62. The average molecular weight is 1030 g/mol. The fourth-order valence-electron chi connectivity index (χ4n) is 6.02. The molecule has 0 amide bonds. The van der Waals surface area contributed by atoms with Crippen molar-refractivity contribution < 1.29 is 86.0 Å². The molecule has 0 aliphatic carbocycles. The summed E-state index contributed by atoms with van der Waals surface area (Å²) in [4.78, 5) is 0. The minimum absolute atomic E-state index is 0.0947. The molecule has 59 heavy (non-hydrogen) atoms. The van der Waals surface area contributed by atoms with Crippen LogP contribution in [0.5, 0.6) is 0 Å². The Hall–Kier alpha value is -1.61. The van der Waals surface area contributed by atoms with Crippen LogP contribution in [0.15, 0.2) is 48.5 Å². The van der Waals surface area contributed by atoms with Gasteiger partial charge in [0.25, 0.3) is 0 Å². The van der Waals surface area contributed by atoms with Crippen molar-refractivity contribution in [1.29, 1.82) is 0 Å². The Labute approximate surface area is 355 Å². The van der Waals surface area contributed by atoms with Crippen LogP contribution in [0.2, 0.25) is 0 Å². The van der Waals surface area contributed by atoms with E-state index in [4.69, 9.17) is 0 Å². The van der Waals surface area contributed by atoms with Gasteiger partial charge in [-0.3, -0.25) is 25.3 Å². The highest BCUT2D eigenvalue weighted by Crippen LogP contribution is 2.47. The molecule has 6 nitrogen and oxygen atoms in total. The molecular formula is C40H58F9IO6S3. The fourth-order valence-corrected chi connectivity index (χ4v) is 14.7. The molecule has 0 fully saturated rings. The van der Waals surface area contributed by atoms with E-state index in [2.05, 4.69) is 62.4 Å². The number of sulfone groups is 3. The molecule has 0 saturated heterocycles. The van der Waals surface area contributed by atoms with Crippen molar-refractivity contribution >= 4 is 29.5 Å². The highest BCUT2D eigenvalue weighted by atomic mass is 127. The standard InChI is InChI=1S/C36H58I.C4F9O6S3/c1-3-5-7-9-11-13-15-17-19-21-27-33-29-23-25-31-35(33)37-36-32-26-24-30-34(36)28-22-20-18-16-14-12-10-8-6-4-2;5-2(6,7)20(14,15)1(21(16,17)3(8,9)10)22(18,19)4(11,12)13/h23-26,29-32H,3-22,27-28H2,1-2H3;/q+1;-1. The number of hydrogen-bond donors (Lipinski definition) is 0. The average Bonchev–Trinajstić information content (AvgIpc) is 3.13. The van der Waals surface area contributed by atoms with Crippen LogP contribution in [0, 0.1) is 11.1 Å². The number of alkyl halides is 9. The number of benzene rings is 2. The SMILES string of the molecule is CCCCCCCCCCCCc1ccccc1[I+]c1ccccc1CCCCCCCCCCCC.O=S(=O)([C-](S(=O)(=O)C(F)(F)F)S(=O)(=O)C(F)(F)F)C(F)(F)F. The van der Waals surface area contributed by atoms with Gasteiger partial charge in [0.2, 0.25) is 0 Å². The van der Waals surface area contributed by atoms with Gasteiger partial charge in [-0.1, -0.05) is 166 Å². The van der Waals surface area contributed by atoms with Gasteiger partial charge in [-0.15, -0.1) is 0 Å². The highest BCUT2D eigenvalue weighted by Gasteiger charge is 2.63. The lowest BCUT2D eigenvalue weighted by Gasteiger charge is -2.31. The first-order valence-corrected chi connectivity index (χ1v) is 26.7. The molecule has 19 heteroatoms. The molecule has 0 saturated carbocycles. The van der Waals surface area contributed by atoms with E-state index < -0.39 is 50.0 Å². The Bertz CT molecular complexity index is 1640. The maximum absolute atomic E-state index is 12.0. The molecule has 0 aromatic heterocycles. The van der Waals surface area contributed by atoms with Crippen molar-refractivity contribution in [2.75, 3.05) is 0 Å². The third kappa shape index (κ3) is 19.1. The number of aryl methyl sites for hydroxylation is 2. The van der Waals surface area contributed by atoms with Crippen molar-refractivity contribution in [3.8, 4) is 0 Å². The molecule has 0 spiro atoms. The van der Waals surface area contributed by atoms with Gasteiger partial charge in [0.1, 0.15) is 0 Å². The molecular weight excluding hydrogens is 971 g/mol. The number of halogens is 10. The number of unbranched alkanes of at least 4 members (excludes halogenated alkanes) is 18. The van der Waals surface area contributed by atoms with Gasteiger partial charge in [-0.25, -0.2) is 0 Å². The highest BCUT2D eigenvalue weighted by molar-refractivity contribution is 8.29. The van der Waals surface area contributed by atoms with Crippen LogP contribution in [0.1, 0.15) is 153 Å². The first kappa shape index (κ1) is 55.4. The Balaban J connectivity index is 0.000000677. The summed E-state index contributed by atoms with van der Waals surface area (Å²) in [5.41, 5.74) is -17.9. The minimum atomic E-state index is -8.02. The summed E-state index contributed by atoms with van der Waals surface area (Å²) in [7, 11) is -24.1. The van der Waals surface area contributed by atoms with Gasteiger partial charge in [-0.05, 0) is 37.8 Å². The minimum Gasteiger partial charge on any atom is -0.251 e. The second-order valence-electron chi connectivity index (χ2n) is 14.2. The van der Waals surface area contributed by atoms with Crippen molar-refractivity contribution in [2.24, 2.45) is 0 Å². The van der Waals surface area contributed by atoms with Crippen LogP contribution >= 0.6 is 0 Å². The molecule has 0 bridgehead atoms. The summed E-state index contributed by atoms with van der Waals surface area (Å²) < 4.78 is 171. The van der Waals surface area contributed by atoms with Crippen molar-refractivity contribution in [1.82, 2.24) is 0 Å². The van der Waals surface area contributed by atoms with Gasteiger partial charge in [0, 0.05) is 11.1 Å². The Morgan fingerprint density at radius 2 is 0.644 bits per heavy atom. The van der Waals surface area contributed by atoms with Crippen LogP contribution in [0.3, 0.4) is 0 Å². The predicted octanol–water partition coefficient (Wildman–Crippen LogP) is 9.98. The molecule has 0 atom stereocenters. The Morgan fingerprint density at radius 1 is 0.407 bits per heavy atom. The molecule has 342 valence electrons. The molecule has 0 radical (unpaired) electrons.